The highest BCUT2D eigenvalue weighted by Crippen LogP contribution is 2.31. The van der Waals surface area contributed by atoms with Crippen molar-refractivity contribution in [2.24, 2.45) is 5.92 Å². The van der Waals surface area contributed by atoms with Crippen molar-refractivity contribution in [3.8, 4) is 0 Å². The topological polar surface area (TPSA) is 59.1 Å². The summed E-state index contributed by atoms with van der Waals surface area (Å²) in [6.07, 6.45) is 1.16. The minimum atomic E-state index is -0.964. The van der Waals surface area contributed by atoms with Gasteiger partial charge in [0.2, 0.25) is 0 Å². The van der Waals surface area contributed by atoms with Crippen LogP contribution < -0.4 is 9.80 Å². The van der Waals surface area contributed by atoms with Gasteiger partial charge in [-0.3, -0.25) is 4.79 Å². The Morgan fingerprint density at radius 3 is 1.66 bits per heavy atom. The highest BCUT2D eigenvalue weighted by Gasteiger charge is 2.38. The number of nitrogens with zero attached hydrogens (tertiary/aromatic N) is 2. The Morgan fingerprint density at radius 1 is 0.800 bits per heavy atom. The average Bonchev–Trinajstić information content (AvgIpc) is 2.86. The fraction of sp³-hybridized carbons (Fsp3) is 0.517. The predicted octanol–water partition coefficient (Wildman–Crippen LogP) is 5.85. The smallest absolute Gasteiger partial charge is 0.338 e. The number of hydrogen-bond acceptors (Lipinski definition) is 6. The molecule has 2 rings (SSSR count). The van der Waals surface area contributed by atoms with Crippen molar-refractivity contribution >= 4 is 23.1 Å². The molecule has 35 heavy (non-hydrogen) atoms. The summed E-state index contributed by atoms with van der Waals surface area (Å²) in [6.45, 7) is 10.0. The van der Waals surface area contributed by atoms with Crippen LogP contribution >= 0.6 is 0 Å². The first-order valence-electron chi connectivity index (χ1n) is 12.3. The van der Waals surface area contributed by atoms with Crippen LogP contribution in [0.3, 0.4) is 0 Å². The lowest BCUT2D eigenvalue weighted by Gasteiger charge is -2.37. The lowest BCUT2D eigenvalue weighted by molar-refractivity contribution is -0.0876. The molecule has 6 heteroatoms. The van der Waals surface area contributed by atoms with Gasteiger partial charge in [-0.15, -0.1) is 0 Å². The fourth-order valence-corrected chi connectivity index (χ4v) is 3.72. The van der Waals surface area contributed by atoms with Crippen LogP contribution in [0.5, 0.6) is 0 Å². The molecule has 0 spiro atoms. The molecule has 0 amide bonds. The highest BCUT2D eigenvalue weighted by atomic mass is 16.6. The molecule has 0 aliphatic rings. The second kappa shape index (κ2) is 11.7. The van der Waals surface area contributed by atoms with Gasteiger partial charge in [0, 0.05) is 51.0 Å². The third-order valence-electron chi connectivity index (χ3n) is 7.14. The molecule has 0 radical (unpaired) electrons. The standard InChI is InChI=1S/C29H42N2O4/c1-10-28(4,35-27(33)23-14-18-25(19-15-23)31(8)9)21(3)20-34-29(5,11-2)26(32)22-12-16-24(17-13-22)30(6)7/h12-19,21H,10-11,20H2,1-9H3. The number of Topliss-reactive ketones (excluding diaryl/α,β-unsaturated/α-hetero) is 1. The summed E-state index contributed by atoms with van der Waals surface area (Å²) in [7, 11) is 7.84. The van der Waals surface area contributed by atoms with Gasteiger partial charge in [-0.1, -0.05) is 20.8 Å². The zero-order chi connectivity index (χ0) is 26.4. The van der Waals surface area contributed by atoms with Gasteiger partial charge in [0.15, 0.2) is 5.78 Å². The van der Waals surface area contributed by atoms with Crippen LogP contribution in [0.4, 0.5) is 11.4 Å². The lowest BCUT2D eigenvalue weighted by atomic mass is 9.87. The van der Waals surface area contributed by atoms with E-state index >= 15 is 0 Å². The number of hydrogen-bond donors (Lipinski definition) is 0. The number of ketones is 1. The van der Waals surface area contributed by atoms with Gasteiger partial charge in [0.05, 0.1) is 12.2 Å². The molecule has 0 fully saturated rings. The summed E-state index contributed by atoms with van der Waals surface area (Å²) in [5.41, 5.74) is 1.49. The van der Waals surface area contributed by atoms with Crippen molar-refractivity contribution in [1.82, 2.24) is 0 Å². The molecule has 3 atom stereocenters. The van der Waals surface area contributed by atoms with Gasteiger partial charge < -0.3 is 19.3 Å². The van der Waals surface area contributed by atoms with Gasteiger partial charge >= 0.3 is 5.97 Å². The molecule has 2 aromatic carbocycles. The first-order chi connectivity index (χ1) is 16.4. The molecule has 2 aromatic rings. The molecule has 0 aromatic heterocycles. The minimum absolute atomic E-state index is 0.0475. The quantitative estimate of drug-likeness (QED) is 0.279. The van der Waals surface area contributed by atoms with Crippen LogP contribution in [0, 0.1) is 5.92 Å². The van der Waals surface area contributed by atoms with Gasteiger partial charge in [-0.25, -0.2) is 4.79 Å². The summed E-state index contributed by atoms with van der Waals surface area (Å²) in [4.78, 5) is 30.2. The molecule has 0 bridgehead atoms. The largest absolute Gasteiger partial charge is 0.455 e. The zero-order valence-electron chi connectivity index (χ0n) is 22.8. The van der Waals surface area contributed by atoms with E-state index in [4.69, 9.17) is 9.47 Å². The van der Waals surface area contributed by atoms with E-state index in [1.54, 1.807) is 12.1 Å². The van der Waals surface area contributed by atoms with E-state index in [0.717, 1.165) is 11.4 Å². The maximum atomic E-state index is 13.3. The summed E-state index contributed by atoms with van der Waals surface area (Å²) < 4.78 is 12.2. The highest BCUT2D eigenvalue weighted by molar-refractivity contribution is 6.02. The number of carbonyl (C=O) groups excluding carboxylic acids is 2. The summed E-state index contributed by atoms with van der Waals surface area (Å²) in [5.74, 6) is -0.525. The Morgan fingerprint density at radius 2 is 1.26 bits per heavy atom. The van der Waals surface area contributed by atoms with E-state index in [2.05, 4.69) is 0 Å². The van der Waals surface area contributed by atoms with Gasteiger partial charge in [0.25, 0.3) is 0 Å². The lowest BCUT2D eigenvalue weighted by Crippen LogP contribution is -2.44. The summed E-state index contributed by atoms with van der Waals surface area (Å²) in [5, 5.41) is 0. The molecule has 6 nitrogen and oxygen atoms in total. The monoisotopic (exact) mass is 482 g/mol. The van der Waals surface area contributed by atoms with Crippen LogP contribution in [-0.4, -0.2) is 57.8 Å². The van der Waals surface area contributed by atoms with E-state index in [1.807, 2.05) is 109 Å². The van der Waals surface area contributed by atoms with E-state index in [-0.39, 0.29) is 17.7 Å². The first-order valence-corrected chi connectivity index (χ1v) is 12.3. The maximum absolute atomic E-state index is 13.3. The summed E-state index contributed by atoms with van der Waals surface area (Å²) >= 11 is 0. The van der Waals surface area contributed by atoms with Crippen LogP contribution in [-0.2, 0) is 9.47 Å². The van der Waals surface area contributed by atoms with Crippen LogP contribution in [0.2, 0.25) is 0 Å². The third kappa shape index (κ3) is 6.85. The first kappa shape index (κ1) is 28.4. The zero-order valence-corrected chi connectivity index (χ0v) is 22.8. The third-order valence-corrected chi connectivity index (χ3v) is 7.14. The molecule has 0 saturated heterocycles. The normalized spacial score (nSPS) is 15.5. The summed E-state index contributed by atoms with van der Waals surface area (Å²) in [6, 6.07) is 14.9. The molecule has 3 unspecified atom stereocenters. The molecule has 0 saturated carbocycles. The number of rotatable bonds is 12. The van der Waals surface area contributed by atoms with Crippen molar-refractivity contribution in [2.45, 2.75) is 58.7 Å². The van der Waals surface area contributed by atoms with E-state index in [1.165, 1.54) is 0 Å². The molecular weight excluding hydrogens is 440 g/mol. The SMILES string of the molecule is CCC(C)(OCC(C)C(C)(CC)OC(=O)c1ccc(N(C)C)cc1)C(=O)c1ccc(N(C)C)cc1. The number of benzene rings is 2. The van der Waals surface area contributed by atoms with Crippen LogP contribution in [0.25, 0.3) is 0 Å². The number of anilines is 2. The number of carbonyl (C=O) groups is 2. The Bertz CT molecular complexity index is 985. The van der Waals surface area contributed by atoms with E-state index < -0.39 is 11.2 Å². The van der Waals surface area contributed by atoms with Gasteiger partial charge in [-0.05, 0) is 75.2 Å². The molecular formula is C29H42N2O4. The maximum Gasteiger partial charge on any atom is 0.338 e. The van der Waals surface area contributed by atoms with Crippen molar-refractivity contribution in [1.29, 1.82) is 0 Å². The van der Waals surface area contributed by atoms with Crippen LogP contribution in [0.15, 0.2) is 48.5 Å². The molecule has 0 heterocycles. The molecule has 192 valence electrons. The Labute approximate surface area is 211 Å². The Kier molecular flexibility index (Phi) is 9.50. The number of esters is 1. The van der Waals surface area contributed by atoms with Crippen molar-refractivity contribution < 1.29 is 19.1 Å². The predicted molar refractivity (Wildman–Crippen MR) is 144 cm³/mol. The van der Waals surface area contributed by atoms with Crippen LogP contribution in [0.1, 0.15) is 68.2 Å². The van der Waals surface area contributed by atoms with Crippen molar-refractivity contribution in [2.75, 3.05) is 44.6 Å². The van der Waals surface area contributed by atoms with Crippen molar-refractivity contribution in [3.63, 3.8) is 0 Å². The second-order valence-corrected chi connectivity index (χ2v) is 10.1. The van der Waals surface area contributed by atoms with E-state index in [9.17, 15) is 9.59 Å². The van der Waals surface area contributed by atoms with Gasteiger partial charge in [-0.2, -0.15) is 0 Å². The Hall–Kier alpha value is -2.86. The molecule has 0 aliphatic heterocycles. The van der Waals surface area contributed by atoms with Crippen molar-refractivity contribution in [3.05, 3.63) is 59.7 Å². The average molecular weight is 483 g/mol. The number of ether oxygens (including phenoxy) is 2. The molecule has 0 aliphatic carbocycles. The fourth-order valence-electron chi connectivity index (χ4n) is 3.72. The Balaban J connectivity index is 2.10. The second-order valence-electron chi connectivity index (χ2n) is 10.1. The minimum Gasteiger partial charge on any atom is -0.455 e. The van der Waals surface area contributed by atoms with Gasteiger partial charge in [0.1, 0.15) is 11.2 Å². The van der Waals surface area contributed by atoms with E-state index in [0.29, 0.717) is 30.6 Å². The molecule has 0 N–H and O–H groups in total.